The Morgan fingerprint density at radius 1 is 1.39 bits per heavy atom. The van der Waals surface area contributed by atoms with E-state index in [1.807, 2.05) is 0 Å². The van der Waals surface area contributed by atoms with Gasteiger partial charge in [-0.05, 0) is 12.1 Å². The third-order valence-electron chi connectivity index (χ3n) is 3.12. The number of aromatic amines is 1. The second kappa shape index (κ2) is 6.61. The summed E-state index contributed by atoms with van der Waals surface area (Å²) >= 11 is 1.56. The highest BCUT2D eigenvalue weighted by Gasteiger charge is 2.09. The summed E-state index contributed by atoms with van der Waals surface area (Å²) in [5.41, 5.74) is 7.91. The lowest BCUT2D eigenvalue weighted by Crippen LogP contribution is -2.05. The Bertz CT molecular complexity index is 822. The summed E-state index contributed by atoms with van der Waals surface area (Å²) in [5, 5.41) is 13.6. The Labute approximate surface area is 136 Å². The number of phenols is 1. The van der Waals surface area contributed by atoms with Crippen LogP contribution in [0.2, 0.25) is 0 Å². The largest absolute Gasteiger partial charge is 0.504 e. The normalized spacial score (nSPS) is 10.8. The smallest absolute Gasteiger partial charge is 0.223 e. The molecule has 120 valence electrons. The molecule has 5 N–H and O–H groups in total. The van der Waals surface area contributed by atoms with Crippen molar-refractivity contribution < 1.29 is 9.84 Å². The number of phenolic OH excluding ortho intramolecular Hbond substituents is 1. The van der Waals surface area contributed by atoms with Crippen LogP contribution in [-0.2, 0) is 0 Å². The fourth-order valence-corrected chi connectivity index (χ4v) is 2.91. The molecular formula is C14H16N6O2S. The molecule has 0 aliphatic heterocycles. The van der Waals surface area contributed by atoms with Crippen LogP contribution in [0.4, 0.5) is 11.6 Å². The molecule has 3 rings (SSSR count). The van der Waals surface area contributed by atoms with E-state index in [2.05, 4.69) is 25.3 Å². The van der Waals surface area contributed by atoms with Gasteiger partial charge in [0.1, 0.15) is 10.5 Å². The van der Waals surface area contributed by atoms with E-state index < -0.39 is 0 Å². The van der Waals surface area contributed by atoms with Crippen LogP contribution in [0.5, 0.6) is 11.5 Å². The number of nitrogens with zero attached hydrogens (tertiary/aromatic N) is 3. The number of hydrogen-bond donors (Lipinski definition) is 4. The minimum Gasteiger partial charge on any atom is -0.504 e. The second-order valence-electron chi connectivity index (χ2n) is 4.65. The minimum atomic E-state index is 0.116. The van der Waals surface area contributed by atoms with Gasteiger partial charge in [-0.2, -0.15) is 4.98 Å². The highest BCUT2D eigenvalue weighted by molar-refractivity contribution is 7.99. The molecule has 0 aliphatic carbocycles. The minimum absolute atomic E-state index is 0.116. The molecule has 2 aromatic heterocycles. The molecule has 2 heterocycles. The predicted molar refractivity (Wildman–Crippen MR) is 90.0 cm³/mol. The molecule has 0 spiro atoms. The number of rotatable bonds is 6. The van der Waals surface area contributed by atoms with Crippen LogP contribution >= 0.6 is 11.8 Å². The maximum Gasteiger partial charge on any atom is 0.223 e. The molecule has 23 heavy (non-hydrogen) atoms. The summed E-state index contributed by atoms with van der Waals surface area (Å²) in [7, 11) is 1.52. The first-order chi connectivity index (χ1) is 11.2. The quantitative estimate of drug-likeness (QED) is 0.233. The lowest BCUT2D eigenvalue weighted by atomic mass is 10.3. The second-order valence-corrected chi connectivity index (χ2v) is 5.73. The van der Waals surface area contributed by atoms with Crippen LogP contribution in [0.15, 0.2) is 29.6 Å². The number of aromatic nitrogens is 4. The van der Waals surface area contributed by atoms with Crippen LogP contribution in [0.1, 0.15) is 0 Å². The van der Waals surface area contributed by atoms with Gasteiger partial charge in [-0.3, -0.25) is 0 Å². The van der Waals surface area contributed by atoms with Crippen molar-refractivity contribution in [3.8, 4) is 11.5 Å². The number of fused-ring (bicyclic) bond motifs is 1. The monoisotopic (exact) mass is 332 g/mol. The Morgan fingerprint density at radius 3 is 3.09 bits per heavy atom. The SMILES string of the molecule is COc1cc(NCCSc2nc(N)nc3nc[nH]c23)ccc1O. The number of H-pyrrole nitrogens is 1. The van der Waals surface area contributed by atoms with Crippen molar-refractivity contribution in [1.82, 2.24) is 19.9 Å². The van der Waals surface area contributed by atoms with Gasteiger partial charge in [-0.1, -0.05) is 0 Å². The summed E-state index contributed by atoms with van der Waals surface area (Å²) in [6.45, 7) is 0.706. The molecule has 0 amide bonds. The van der Waals surface area contributed by atoms with Gasteiger partial charge < -0.3 is 25.9 Å². The van der Waals surface area contributed by atoms with Crippen molar-refractivity contribution >= 4 is 34.6 Å². The van der Waals surface area contributed by atoms with Gasteiger partial charge in [-0.25, -0.2) is 9.97 Å². The number of anilines is 2. The standard InChI is InChI=1S/C14H16N6O2S/c1-22-10-6-8(2-3-9(10)21)16-4-5-23-13-11-12(18-7-17-11)19-14(15)20-13/h2-3,6-7,16,21H,4-5H2,1H3,(H3,15,17,18,19,20). The van der Waals surface area contributed by atoms with Crippen LogP contribution in [0, 0.1) is 0 Å². The van der Waals surface area contributed by atoms with Crippen LogP contribution in [0.3, 0.4) is 0 Å². The molecule has 8 nitrogen and oxygen atoms in total. The van der Waals surface area contributed by atoms with Gasteiger partial charge in [-0.15, -0.1) is 11.8 Å². The van der Waals surface area contributed by atoms with E-state index in [1.165, 1.54) is 7.11 Å². The Kier molecular flexibility index (Phi) is 4.38. The van der Waals surface area contributed by atoms with Gasteiger partial charge in [0.2, 0.25) is 5.95 Å². The molecule has 0 unspecified atom stereocenters. The Balaban J connectivity index is 1.60. The number of methoxy groups -OCH3 is 1. The maximum absolute atomic E-state index is 9.57. The number of benzene rings is 1. The number of imidazole rings is 1. The first-order valence-corrected chi connectivity index (χ1v) is 7.86. The molecule has 0 aliphatic rings. The van der Waals surface area contributed by atoms with Gasteiger partial charge in [0.05, 0.1) is 13.4 Å². The number of aromatic hydroxyl groups is 1. The predicted octanol–water partition coefficient (Wildman–Crippen LogP) is 1.85. The number of hydrogen-bond acceptors (Lipinski definition) is 8. The first kappa shape index (κ1) is 15.2. The van der Waals surface area contributed by atoms with Crippen LogP contribution in [0.25, 0.3) is 11.2 Å². The zero-order valence-electron chi connectivity index (χ0n) is 12.4. The van der Waals surface area contributed by atoms with E-state index in [1.54, 1.807) is 36.3 Å². The fourth-order valence-electron chi connectivity index (χ4n) is 2.06. The average Bonchev–Trinajstić information content (AvgIpc) is 3.01. The molecule has 1 aromatic carbocycles. The summed E-state index contributed by atoms with van der Waals surface area (Å²) in [5.74, 6) is 1.53. The van der Waals surface area contributed by atoms with Crippen LogP contribution < -0.4 is 15.8 Å². The highest BCUT2D eigenvalue weighted by atomic mass is 32.2. The van der Waals surface area contributed by atoms with E-state index in [-0.39, 0.29) is 11.7 Å². The molecule has 0 radical (unpaired) electrons. The Hall–Kier alpha value is -2.68. The van der Waals surface area contributed by atoms with E-state index in [0.717, 1.165) is 22.0 Å². The van der Waals surface area contributed by atoms with Gasteiger partial charge in [0.15, 0.2) is 17.1 Å². The number of nitrogen functional groups attached to an aromatic ring is 1. The van der Waals surface area contributed by atoms with Crippen molar-refractivity contribution in [2.45, 2.75) is 5.03 Å². The fraction of sp³-hybridized carbons (Fsp3) is 0.214. The molecular weight excluding hydrogens is 316 g/mol. The van der Waals surface area contributed by atoms with Crippen molar-refractivity contribution in [1.29, 1.82) is 0 Å². The first-order valence-electron chi connectivity index (χ1n) is 6.87. The summed E-state index contributed by atoms with van der Waals surface area (Å²) < 4.78 is 5.08. The number of nitrogens with two attached hydrogens (primary N) is 1. The maximum atomic E-state index is 9.57. The van der Waals surface area contributed by atoms with Crippen molar-refractivity contribution in [3.63, 3.8) is 0 Å². The van der Waals surface area contributed by atoms with Crippen molar-refractivity contribution in [2.24, 2.45) is 0 Å². The molecule has 0 bridgehead atoms. The molecule has 9 heteroatoms. The molecule has 0 atom stereocenters. The molecule has 0 saturated carbocycles. The van der Waals surface area contributed by atoms with Gasteiger partial charge in [0, 0.05) is 24.1 Å². The molecule has 0 saturated heterocycles. The number of ether oxygens (including phenoxy) is 1. The molecule has 0 fully saturated rings. The third kappa shape index (κ3) is 3.39. The lowest BCUT2D eigenvalue weighted by molar-refractivity contribution is 0.373. The topological polar surface area (TPSA) is 122 Å². The van der Waals surface area contributed by atoms with E-state index in [9.17, 15) is 5.11 Å². The van der Waals surface area contributed by atoms with Crippen molar-refractivity contribution in [3.05, 3.63) is 24.5 Å². The summed E-state index contributed by atoms with van der Waals surface area (Å²) in [4.78, 5) is 15.4. The highest BCUT2D eigenvalue weighted by Crippen LogP contribution is 2.29. The summed E-state index contributed by atoms with van der Waals surface area (Å²) in [6.07, 6.45) is 1.57. The average molecular weight is 332 g/mol. The van der Waals surface area contributed by atoms with E-state index in [4.69, 9.17) is 10.5 Å². The summed E-state index contributed by atoms with van der Waals surface area (Å²) in [6, 6.07) is 5.13. The zero-order chi connectivity index (χ0) is 16.2. The van der Waals surface area contributed by atoms with Gasteiger partial charge in [0.25, 0.3) is 0 Å². The van der Waals surface area contributed by atoms with Crippen molar-refractivity contribution in [2.75, 3.05) is 30.5 Å². The number of nitrogens with one attached hydrogen (secondary N) is 2. The van der Waals surface area contributed by atoms with E-state index in [0.29, 0.717) is 17.9 Å². The Morgan fingerprint density at radius 2 is 2.26 bits per heavy atom. The van der Waals surface area contributed by atoms with E-state index >= 15 is 0 Å². The third-order valence-corrected chi connectivity index (χ3v) is 4.10. The lowest BCUT2D eigenvalue weighted by Gasteiger charge is -2.09. The zero-order valence-corrected chi connectivity index (χ0v) is 13.2. The van der Waals surface area contributed by atoms with Gasteiger partial charge >= 0.3 is 0 Å². The molecule has 3 aromatic rings. The van der Waals surface area contributed by atoms with Crippen LogP contribution in [-0.4, -0.2) is 44.4 Å². The number of thioether (sulfide) groups is 1.